The number of sulfone groups is 1. The maximum Gasteiger partial charge on any atom is 0.275 e. The van der Waals surface area contributed by atoms with Crippen molar-refractivity contribution in [1.82, 2.24) is 9.97 Å². The third kappa shape index (κ3) is 4.15. The summed E-state index contributed by atoms with van der Waals surface area (Å²) in [5.41, 5.74) is 6.75. The lowest BCUT2D eigenvalue weighted by atomic mass is 9.86. The van der Waals surface area contributed by atoms with E-state index in [-0.39, 0.29) is 43.0 Å². The van der Waals surface area contributed by atoms with Crippen molar-refractivity contribution in [3.05, 3.63) is 47.4 Å². The van der Waals surface area contributed by atoms with Crippen molar-refractivity contribution >= 4 is 27.3 Å². The van der Waals surface area contributed by atoms with E-state index < -0.39 is 32.7 Å². The number of hydrogen-bond donors (Lipinski definition) is 2. The van der Waals surface area contributed by atoms with Crippen molar-refractivity contribution in [3.63, 3.8) is 0 Å². The number of carbonyl (C=O) groups is 1. The molecule has 33 heavy (non-hydrogen) atoms. The molecule has 3 heterocycles. The number of benzene rings is 1. The Kier molecular flexibility index (Phi) is 5.83. The summed E-state index contributed by atoms with van der Waals surface area (Å²) in [5, 5.41) is 2.73. The molecule has 0 fully saturated rings. The molecule has 176 valence electrons. The van der Waals surface area contributed by atoms with Gasteiger partial charge in [-0.1, -0.05) is 6.07 Å². The predicted molar refractivity (Wildman–Crippen MR) is 119 cm³/mol. The second-order valence-electron chi connectivity index (χ2n) is 8.39. The van der Waals surface area contributed by atoms with E-state index in [9.17, 15) is 17.6 Å². The zero-order chi connectivity index (χ0) is 23.9. The van der Waals surface area contributed by atoms with Gasteiger partial charge in [-0.05, 0) is 37.1 Å². The third-order valence-corrected chi connectivity index (χ3v) is 8.43. The Morgan fingerprint density at radius 1 is 1.30 bits per heavy atom. The molecule has 10 nitrogen and oxygen atoms in total. The number of anilines is 1. The van der Waals surface area contributed by atoms with Gasteiger partial charge in [0.1, 0.15) is 35.1 Å². The van der Waals surface area contributed by atoms with Gasteiger partial charge in [0.2, 0.25) is 5.88 Å². The SMILES string of the molecule is CC1(C)C(N)=N[C@@]2(COCc3ccc(NC(=O)c4cnc(OCCF)cn4)cc32)CS1(=O)=O. The van der Waals surface area contributed by atoms with Gasteiger partial charge in [0, 0.05) is 5.69 Å². The first-order valence-electron chi connectivity index (χ1n) is 10.2. The summed E-state index contributed by atoms with van der Waals surface area (Å²) in [7, 11) is -3.63. The van der Waals surface area contributed by atoms with Gasteiger partial charge in [-0.15, -0.1) is 0 Å². The molecule has 0 saturated carbocycles. The highest BCUT2D eigenvalue weighted by molar-refractivity contribution is 7.93. The molecule has 0 saturated heterocycles. The molecule has 3 N–H and O–H groups in total. The molecule has 0 unspecified atom stereocenters. The molecular weight excluding hydrogens is 453 g/mol. The smallest absolute Gasteiger partial charge is 0.275 e. The molecule has 4 rings (SSSR count). The monoisotopic (exact) mass is 477 g/mol. The number of aromatic nitrogens is 2. The number of nitrogens with one attached hydrogen (secondary N) is 1. The number of fused-ring (bicyclic) bond motifs is 2. The molecular formula is C21H24FN5O5S. The first-order chi connectivity index (χ1) is 15.6. The molecule has 1 spiro atoms. The second kappa shape index (κ2) is 8.34. The van der Waals surface area contributed by atoms with E-state index in [1.807, 2.05) is 0 Å². The lowest BCUT2D eigenvalue weighted by Gasteiger charge is -2.42. The number of carbonyl (C=O) groups excluding carboxylic acids is 1. The van der Waals surface area contributed by atoms with Crippen LogP contribution in [0.25, 0.3) is 0 Å². The van der Waals surface area contributed by atoms with Crippen LogP contribution >= 0.6 is 0 Å². The van der Waals surface area contributed by atoms with Crippen LogP contribution in [0, 0.1) is 0 Å². The predicted octanol–water partition coefficient (Wildman–Crippen LogP) is 1.37. The van der Waals surface area contributed by atoms with E-state index in [4.69, 9.17) is 15.2 Å². The Balaban J connectivity index is 1.63. The lowest BCUT2D eigenvalue weighted by molar-refractivity contribution is 0.0610. The average Bonchev–Trinajstić information content (AvgIpc) is 2.77. The molecule has 0 bridgehead atoms. The number of aliphatic imine (C=N–C) groups is 1. The van der Waals surface area contributed by atoms with Crippen LogP contribution in [-0.4, -0.2) is 60.5 Å². The van der Waals surface area contributed by atoms with E-state index in [0.717, 1.165) is 5.56 Å². The van der Waals surface area contributed by atoms with Crippen molar-refractivity contribution in [2.75, 3.05) is 31.0 Å². The van der Waals surface area contributed by atoms with Crippen molar-refractivity contribution in [2.24, 2.45) is 10.7 Å². The Hall–Kier alpha value is -3.12. The van der Waals surface area contributed by atoms with Gasteiger partial charge >= 0.3 is 0 Å². The number of alkyl halides is 1. The fourth-order valence-corrected chi connectivity index (χ4v) is 5.39. The number of halogens is 1. The van der Waals surface area contributed by atoms with Gasteiger partial charge in [0.25, 0.3) is 5.91 Å². The van der Waals surface area contributed by atoms with Crippen LogP contribution in [0.2, 0.25) is 0 Å². The van der Waals surface area contributed by atoms with Gasteiger partial charge in [-0.2, -0.15) is 0 Å². The number of ether oxygens (including phenoxy) is 2. The summed E-state index contributed by atoms with van der Waals surface area (Å²) < 4.78 is 47.6. The lowest BCUT2D eigenvalue weighted by Crippen LogP contribution is -2.57. The average molecular weight is 478 g/mol. The van der Waals surface area contributed by atoms with Crippen molar-refractivity contribution in [1.29, 1.82) is 0 Å². The maximum atomic E-state index is 13.0. The van der Waals surface area contributed by atoms with Crippen LogP contribution in [0.15, 0.2) is 35.6 Å². The Labute approximate surface area is 190 Å². The van der Waals surface area contributed by atoms with Crippen LogP contribution in [0.1, 0.15) is 35.5 Å². The summed E-state index contributed by atoms with van der Waals surface area (Å²) in [6, 6.07) is 5.12. The molecule has 1 amide bonds. The molecule has 0 radical (unpaired) electrons. The highest BCUT2D eigenvalue weighted by Crippen LogP contribution is 2.42. The molecule has 12 heteroatoms. The third-order valence-electron chi connectivity index (χ3n) is 5.81. The fourth-order valence-electron chi connectivity index (χ4n) is 3.73. The second-order valence-corrected chi connectivity index (χ2v) is 10.9. The Bertz CT molecular complexity index is 1220. The standard InChI is InChI=1S/C21H24FN5O5S/c1-20(2)19(23)27-21(12-33(20,29)30)11-31-10-13-3-4-14(7-15(13)21)26-18(28)16-8-25-17(9-24-16)32-6-5-22/h3-4,7-9H,5-6,10-12H2,1-2H3,(H2,23,27)(H,26,28)/t21-/m0/s1. The number of amides is 1. The minimum absolute atomic E-state index is 0.0185. The van der Waals surface area contributed by atoms with Crippen LogP contribution in [0.4, 0.5) is 10.1 Å². The van der Waals surface area contributed by atoms with Crippen molar-refractivity contribution < 1.29 is 27.1 Å². The normalized spacial score (nSPS) is 22.8. The number of hydrogen-bond acceptors (Lipinski definition) is 9. The van der Waals surface area contributed by atoms with Crippen LogP contribution in [0.5, 0.6) is 5.88 Å². The number of amidine groups is 1. The zero-order valence-electron chi connectivity index (χ0n) is 18.2. The largest absolute Gasteiger partial charge is 0.474 e. The topological polar surface area (TPSA) is 146 Å². The van der Waals surface area contributed by atoms with Crippen molar-refractivity contribution in [2.45, 2.75) is 30.7 Å². The summed E-state index contributed by atoms with van der Waals surface area (Å²) in [4.78, 5) is 25.1. The van der Waals surface area contributed by atoms with Gasteiger partial charge < -0.3 is 20.5 Å². The maximum absolute atomic E-state index is 13.0. The molecule has 1 aromatic heterocycles. The van der Waals surface area contributed by atoms with Crippen LogP contribution in [0.3, 0.4) is 0 Å². The van der Waals surface area contributed by atoms with Gasteiger partial charge in [0.15, 0.2) is 9.84 Å². The van der Waals surface area contributed by atoms with Crippen LogP contribution in [-0.2, 0) is 26.7 Å². The first-order valence-corrected chi connectivity index (χ1v) is 11.8. The first kappa shape index (κ1) is 23.1. The van der Waals surface area contributed by atoms with Crippen LogP contribution < -0.4 is 15.8 Å². The minimum Gasteiger partial charge on any atom is -0.474 e. The number of rotatable bonds is 5. The summed E-state index contributed by atoms with van der Waals surface area (Å²) in [5.74, 6) is -0.660. The van der Waals surface area contributed by atoms with Gasteiger partial charge in [0.05, 0.1) is 31.4 Å². The van der Waals surface area contributed by atoms with E-state index >= 15 is 0 Å². The van der Waals surface area contributed by atoms with Crippen molar-refractivity contribution in [3.8, 4) is 5.88 Å². The van der Waals surface area contributed by atoms with Gasteiger partial charge in [-0.3, -0.25) is 9.79 Å². The molecule has 2 aliphatic heterocycles. The Morgan fingerprint density at radius 2 is 2.09 bits per heavy atom. The summed E-state index contributed by atoms with van der Waals surface area (Å²) >= 11 is 0. The molecule has 0 aliphatic carbocycles. The Morgan fingerprint density at radius 3 is 2.76 bits per heavy atom. The quantitative estimate of drug-likeness (QED) is 0.657. The summed E-state index contributed by atoms with van der Waals surface area (Å²) in [6.07, 6.45) is 2.45. The number of nitrogens with zero attached hydrogens (tertiary/aromatic N) is 3. The highest BCUT2D eigenvalue weighted by Gasteiger charge is 2.52. The van der Waals surface area contributed by atoms with E-state index in [2.05, 4.69) is 20.3 Å². The van der Waals surface area contributed by atoms with Gasteiger partial charge in [-0.25, -0.2) is 22.8 Å². The molecule has 2 aliphatic rings. The minimum atomic E-state index is -3.63. The fraction of sp³-hybridized carbons (Fsp3) is 0.429. The summed E-state index contributed by atoms with van der Waals surface area (Å²) in [6.45, 7) is 2.59. The molecule has 1 atom stereocenters. The van der Waals surface area contributed by atoms with E-state index in [1.165, 1.54) is 26.2 Å². The zero-order valence-corrected chi connectivity index (χ0v) is 19.0. The highest BCUT2D eigenvalue weighted by atomic mass is 32.2. The molecule has 1 aromatic carbocycles. The number of nitrogens with two attached hydrogens (primary N) is 1. The molecule has 2 aromatic rings. The van der Waals surface area contributed by atoms with E-state index in [0.29, 0.717) is 11.3 Å². The van der Waals surface area contributed by atoms with E-state index in [1.54, 1.807) is 18.2 Å².